The van der Waals surface area contributed by atoms with Crippen LogP contribution in [0.5, 0.6) is 0 Å². The van der Waals surface area contributed by atoms with Crippen LogP contribution in [-0.2, 0) is 27.5 Å². The van der Waals surface area contributed by atoms with Crippen LogP contribution < -0.4 is 0 Å². The third kappa shape index (κ3) is 13.5. The molecule has 3 N–H and O–H groups in total. The molecular weight excluding hydrogens is 617 g/mol. The molecule has 1 spiro atoms. The summed E-state index contributed by atoms with van der Waals surface area (Å²) >= 11 is 1.88. The highest BCUT2D eigenvalue weighted by Gasteiger charge is 2.47. The molecule has 236 valence electrons. The highest BCUT2D eigenvalue weighted by atomic mass is 32.1. The fraction of sp³-hybridized carbons (Fsp3) is 0.478. The third-order valence-electron chi connectivity index (χ3n) is 5.48. The fourth-order valence-electron chi connectivity index (χ4n) is 3.80. The summed E-state index contributed by atoms with van der Waals surface area (Å²) in [5.74, 6) is -8.27. The molecule has 0 bridgehead atoms. The zero-order valence-electron chi connectivity index (χ0n) is 21.2. The molecule has 2 fully saturated rings. The van der Waals surface area contributed by atoms with Crippen molar-refractivity contribution in [1.29, 1.82) is 0 Å². The van der Waals surface area contributed by atoms with Gasteiger partial charge in [-0.3, -0.25) is 14.8 Å². The van der Waals surface area contributed by atoms with Gasteiger partial charge < -0.3 is 15.3 Å². The van der Waals surface area contributed by atoms with E-state index in [-0.39, 0.29) is 0 Å². The number of carboxylic acids is 3. The molecule has 0 unspecified atom stereocenters. The summed E-state index contributed by atoms with van der Waals surface area (Å²) in [6.07, 6.45) is -10.1. The van der Waals surface area contributed by atoms with Gasteiger partial charge in [0.1, 0.15) is 0 Å². The Morgan fingerprint density at radius 3 is 1.57 bits per heavy atom. The Morgan fingerprint density at radius 2 is 1.19 bits per heavy atom. The van der Waals surface area contributed by atoms with Crippen molar-refractivity contribution in [2.75, 3.05) is 26.2 Å². The number of hydrogen-bond acceptors (Lipinski definition) is 7. The zero-order chi connectivity index (χ0) is 32.4. The quantitative estimate of drug-likeness (QED) is 0.405. The Bertz CT molecular complexity index is 1080. The maximum atomic E-state index is 10.6. The summed E-state index contributed by atoms with van der Waals surface area (Å²) in [5.41, 5.74) is 1.96. The lowest BCUT2D eigenvalue weighted by Crippen LogP contribution is -2.56. The molecule has 0 radical (unpaired) electrons. The average molecular weight is 642 g/mol. The summed E-state index contributed by atoms with van der Waals surface area (Å²) in [6, 6.07) is 8.67. The molecule has 42 heavy (non-hydrogen) atoms. The standard InChI is InChI=1S/C17H21N3S.3C2HF3O2/c1-2-16(21-9-1)11-20-13-17(14-20)5-8-19(12-17)10-15-3-6-18-7-4-15;3*3-2(4,5)1(6)7/h1-4,6-7,9H,5,8,10-14H2;3*(H,6,7). The van der Waals surface area contributed by atoms with Crippen LogP contribution in [0.2, 0.25) is 0 Å². The maximum absolute atomic E-state index is 10.6. The van der Waals surface area contributed by atoms with Gasteiger partial charge in [-0.15, -0.1) is 11.3 Å². The van der Waals surface area contributed by atoms with E-state index in [2.05, 4.69) is 44.4 Å². The van der Waals surface area contributed by atoms with Crippen LogP contribution in [0.15, 0.2) is 42.0 Å². The minimum atomic E-state index is -5.08. The summed E-state index contributed by atoms with van der Waals surface area (Å²) in [4.78, 5) is 37.5. The molecule has 2 aromatic rings. The number of thiophene rings is 1. The number of halogens is 9. The van der Waals surface area contributed by atoms with E-state index in [4.69, 9.17) is 29.7 Å². The van der Waals surface area contributed by atoms with Gasteiger partial charge in [-0.25, -0.2) is 14.4 Å². The largest absolute Gasteiger partial charge is 0.490 e. The zero-order valence-corrected chi connectivity index (χ0v) is 22.0. The minimum absolute atomic E-state index is 0.574. The molecule has 9 nitrogen and oxygen atoms in total. The van der Waals surface area contributed by atoms with E-state index >= 15 is 0 Å². The van der Waals surface area contributed by atoms with Crippen LogP contribution in [0.3, 0.4) is 0 Å². The van der Waals surface area contributed by atoms with E-state index in [1.807, 2.05) is 23.7 Å². The fourth-order valence-corrected chi connectivity index (χ4v) is 4.55. The molecule has 2 aliphatic rings. The number of aliphatic carboxylic acids is 3. The van der Waals surface area contributed by atoms with E-state index < -0.39 is 36.4 Å². The van der Waals surface area contributed by atoms with Crippen LogP contribution in [0.1, 0.15) is 16.9 Å². The van der Waals surface area contributed by atoms with Crippen LogP contribution >= 0.6 is 11.3 Å². The molecule has 19 heteroatoms. The van der Waals surface area contributed by atoms with Gasteiger partial charge in [0, 0.05) is 55.4 Å². The molecule has 2 aromatic heterocycles. The monoisotopic (exact) mass is 641 g/mol. The molecule has 4 rings (SSSR count). The molecule has 2 aliphatic heterocycles. The molecule has 0 aromatic carbocycles. The summed E-state index contributed by atoms with van der Waals surface area (Å²) in [6.45, 7) is 7.28. The number of alkyl halides is 9. The maximum Gasteiger partial charge on any atom is 0.490 e. The van der Waals surface area contributed by atoms with Gasteiger partial charge in [-0.2, -0.15) is 39.5 Å². The topological polar surface area (TPSA) is 131 Å². The highest BCUT2D eigenvalue weighted by molar-refractivity contribution is 7.09. The van der Waals surface area contributed by atoms with Crippen LogP contribution in [-0.4, -0.2) is 92.7 Å². The van der Waals surface area contributed by atoms with Gasteiger partial charge >= 0.3 is 36.4 Å². The van der Waals surface area contributed by atoms with Crippen molar-refractivity contribution in [1.82, 2.24) is 14.8 Å². The molecular formula is C23H24F9N3O6S. The van der Waals surface area contributed by atoms with Crippen molar-refractivity contribution in [3.8, 4) is 0 Å². The van der Waals surface area contributed by atoms with Gasteiger partial charge in [-0.1, -0.05) is 6.07 Å². The van der Waals surface area contributed by atoms with Crippen molar-refractivity contribution in [2.45, 2.75) is 38.0 Å². The number of carbonyl (C=O) groups is 3. The molecule has 0 amide bonds. The first kappa shape index (κ1) is 36.6. The Hall–Kier alpha value is -3.45. The lowest BCUT2D eigenvalue weighted by Gasteiger charge is -2.48. The smallest absolute Gasteiger partial charge is 0.475 e. The van der Waals surface area contributed by atoms with Gasteiger partial charge in [0.2, 0.25) is 0 Å². The van der Waals surface area contributed by atoms with Crippen LogP contribution in [0.4, 0.5) is 39.5 Å². The van der Waals surface area contributed by atoms with Crippen molar-refractivity contribution < 1.29 is 69.2 Å². The molecule has 0 aliphatic carbocycles. The van der Waals surface area contributed by atoms with Gasteiger partial charge in [-0.05, 0) is 42.1 Å². The molecule has 2 saturated heterocycles. The Kier molecular flexibility index (Phi) is 13.2. The number of hydrogen-bond donors (Lipinski definition) is 3. The van der Waals surface area contributed by atoms with Gasteiger partial charge in [0.25, 0.3) is 0 Å². The Labute approximate surface area is 235 Å². The first-order valence-electron chi connectivity index (χ1n) is 11.4. The lowest BCUT2D eigenvalue weighted by atomic mass is 9.79. The predicted octanol–water partition coefficient (Wildman–Crippen LogP) is 4.75. The normalized spacial score (nSPS) is 16.5. The van der Waals surface area contributed by atoms with Crippen LogP contribution in [0.25, 0.3) is 0 Å². The van der Waals surface area contributed by atoms with E-state index in [9.17, 15) is 39.5 Å². The lowest BCUT2D eigenvalue weighted by molar-refractivity contribution is -0.193. The summed E-state index contributed by atoms with van der Waals surface area (Å²) < 4.78 is 95.2. The second kappa shape index (κ2) is 15.1. The Morgan fingerprint density at radius 1 is 0.762 bits per heavy atom. The van der Waals surface area contributed by atoms with Crippen molar-refractivity contribution in [3.63, 3.8) is 0 Å². The SMILES string of the molecule is O=C(O)C(F)(F)F.O=C(O)C(F)(F)F.O=C(O)C(F)(F)F.c1csc(CN2CC3(CCN(Cc4ccncc4)C3)C2)c1. The van der Waals surface area contributed by atoms with Crippen molar-refractivity contribution >= 4 is 29.2 Å². The van der Waals surface area contributed by atoms with E-state index in [0.29, 0.717) is 5.41 Å². The van der Waals surface area contributed by atoms with Gasteiger partial charge in [0.05, 0.1) is 0 Å². The van der Waals surface area contributed by atoms with E-state index in [0.717, 1.165) is 13.1 Å². The number of pyridine rings is 1. The summed E-state index contributed by atoms with van der Waals surface area (Å²) in [5, 5.41) is 23.6. The van der Waals surface area contributed by atoms with Crippen molar-refractivity contribution in [2.24, 2.45) is 5.41 Å². The number of likely N-dealkylation sites (tertiary alicyclic amines) is 2. The average Bonchev–Trinajstić information content (AvgIpc) is 3.49. The second-order valence-electron chi connectivity index (χ2n) is 8.95. The first-order chi connectivity index (χ1) is 19.1. The third-order valence-corrected chi connectivity index (χ3v) is 6.34. The summed E-state index contributed by atoms with van der Waals surface area (Å²) in [7, 11) is 0. The number of aromatic nitrogens is 1. The van der Waals surface area contributed by atoms with Gasteiger partial charge in [0.15, 0.2) is 0 Å². The predicted molar refractivity (Wildman–Crippen MR) is 127 cm³/mol. The second-order valence-corrected chi connectivity index (χ2v) is 9.98. The minimum Gasteiger partial charge on any atom is -0.475 e. The molecule has 4 heterocycles. The van der Waals surface area contributed by atoms with Crippen LogP contribution in [0, 0.1) is 5.41 Å². The Balaban J connectivity index is 0.000000348. The highest BCUT2D eigenvalue weighted by Crippen LogP contribution is 2.40. The first-order valence-corrected chi connectivity index (χ1v) is 12.3. The van der Waals surface area contributed by atoms with Crippen molar-refractivity contribution in [3.05, 3.63) is 52.5 Å². The molecule has 0 saturated carbocycles. The number of carboxylic acid groups (broad SMARTS) is 3. The number of rotatable bonds is 4. The van der Waals surface area contributed by atoms with E-state index in [1.54, 1.807) is 0 Å². The van der Waals surface area contributed by atoms with E-state index in [1.165, 1.54) is 43.0 Å². The number of nitrogens with zero attached hydrogens (tertiary/aromatic N) is 3. The molecule has 0 atom stereocenters.